The van der Waals surface area contributed by atoms with E-state index < -0.39 is 5.97 Å². The Labute approximate surface area is 151 Å². The molecule has 4 nitrogen and oxygen atoms in total. The van der Waals surface area contributed by atoms with Crippen LogP contribution in [0.4, 0.5) is 9.39 Å². The molecule has 0 bridgehead atoms. The van der Waals surface area contributed by atoms with Gasteiger partial charge in [-0.15, -0.1) is 11.3 Å². The molecule has 0 aliphatic rings. The molecule has 0 unspecified atom stereocenters. The van der Waals surface area contributed by atoms with E-state index in [9.17, 15) is 14.0 Å². The quantitative estimate of drug-likeness (QED) is 0.733. The third kappa shape index (κ3) is 4.07. The summed E-state index contributed by atoms with van der Waals surface area (Å²) < 4.78 is 18.1. The van der Waals surface area contributed by atoms with Gasteiger partial charge in [-0.05, 0) is 37.5 Å². The third-order valence-electron chi connectivity index (χ3n) is 4.20. The zero-order chi connectivity index (χ0) is 18.6. The van der Waals surface area contributed by atoms with E-state index in [0.29, 0.717) is 21.7 Å². The second kappa shape index (κ2) is 8.25. The number of carbonyl (C=O) groups excluding carboxylic acids is 2. The van der Waals surface area contributed by atoms with Crippen LogP contribution < -0.4 is 5.32 Å². The first kappa shape index (κ1) is 19.1. The van der Waals surface area contributed by atoms with Gasteiger partial charge in [-0.3, -0.25) is 4.79 Å². The Hall–Kier alpha value is -2.21. The van der Waals surface area contributed by atoms with Gasteiger partial charge in [0, 0.05) is 16.4 Å². The summed E-state index contributed by atoms with van der Waals surface area (Å²) in [6.45, 7) is 5.78. The normalized spacial score (nSPS) is 10.8. The third-order valence-corrected chi connectivity index (χ3v) is 5.22. The molecule has 0 fully saturated rings. The maximum Gasteiger partial charge on any atom is 0.341 e. The van der Waals surface area contributed by atoms with Gasteiger partial charge in [-0.2, -0.15) is 0 Å². The van der Waals surface area contributed by atoms with Gasteiger partial charge in [0.15, 0.2) is 0 Å². The van der Waals surface area contributed by atoms with E-state index in [1.807, 2.05) is 20.8 Å². The number of benzene rings is 1. The average molecular weight is 363 g/mol. The number of methoxy groups -OCH3 is 1. The van der Waals surface area contributed by atoms with Crippen molar-refractivity contribution in [3.8, 4) is 11.1 Å². The molecule has 0 saturated carbocycles. The first-order valence-electron chi connectivity index (χ1n) is 8.21. The van der Waals surface area contributed by atoms with E-state index in [2.05, 4.69) is 5.32 Å². The Morgan fingerprint density at radius 3 is 2.32 bits per heavy atom. The summed E-state index contributed by atoms with van der Waals surface area (Å²) in [5.41, 5.74) is 1.69. The molecule has 6 heteroatoms. The van der Waals surface area contributed by atoms with E-state index in [4.69, 9.17) is 4.74 Å². The number of thiophene rings is 1. The number of anilines is 1. The lowest BCUT2D eigenvalue weighted by Gasteiger charge is -2.13. The van der Waals surface area contributed by atoms with Gasteiger partial charge < -0.3 is 10.1 Å². The Morgan fingerprint density at radius 1 is 1.20 bits per heavy atom. The van der Waals surface area contributed by atoms with E-state index >= 15 is 0 Å². The number of halogens is 1. The topological polar surface area (TPSA) is 55.4 Å². The second-order valence-electron chi connectivity index (χ2n) is 5.74. The average Bonchev–Trinajstić information content (AvgIpc) is 2.92. The van der Waals surface area contributed by atoms with E-state index in [1.165, 1.54) is 30.6 Å². The molecule has 134 valence electrons. The van der Waals surface area contributed by atoms with Gasteiger partial charge in [0.25, 0.3) is 0 Å². The Morgan fingerprint density at radius 2 is 1.80 bits per heavy atom. The van der Waals surface area contributed by atoms with E-state index in [0.717, 1.165) is 17.7 Å². The Kier molecular flexibility index (Phi) is 6.31. The molecule has 1 N–H and O–H groups in total. The lowest BCUT2D eigenvalue weighted by atomic mass is 10.0. The van der Waals surface area contributed by atoms with Crippen molar-refractivity contribution < 1.29 is 18.7 Å². The lowest BCUT2D eigenvalue weighted by Crippen LogP contribution is -2.22. The van der Waals surface area contributed by atoms with Crippen molar-refractivity contribution in [3.05, 3.63) is 40.5 Å². The minimum atomic E-state index is -0.525. The molecular weight excluding hydrogens is 341 g/mol. The fourth-order valence-corrected chi connectivity index (χ4v) is 3.83. The first-order valence-corrected chi connectivity index (χ1v) is 9.03. The predicted octanol–water partition coefficient (Wildman–Crippen LogP) is 5.02. The predicted molar refractivity (Wildman–Crippen MR) is 98.5 cm³/mol. The summed E-state index contributed by atoms with van der Waals surface area (Å²) in [4.78, 5) is 25.6. The molecule has 2 rings (SSSR count). The van der Waals surface area contributed by atoms with Crippen molar-refractivity contribution in [2.45, 2.75) is 33.6 Å². The van der Waals surface area contributed by atoms with Crippen molar-refractivity contribution in [2.75, 3.05) is 12.4 Å². The summed E-state index contributed by atoms with van der Waals surface area (Å²) >= 11 is 1.32. The number of esters is 1. The summed E-state index contributed by atoms with van der Waals surface area (Å²) in [6, 6.07) is 5.92. The molecule has 1 amide bonds. The molecular formula is C19H22FNO3S. The number of hydrogen-bond acceptors (Lipinski definition) is 4. The van der Waals surface area contributed by atoms with Gasteiger partial charge in [0.05, 0.1) is 7.11 Å². The highest BCUT2D eigenvalue weighted by Gasteiger charge is 2.26. The molecule has 0 aliphatic heterocycles. The summed E-state index contributed by atoms with van der Waals surface area (Å²) in [5, 5.41) is 3.35. The minimum absolute atomic E-state index is 0.109. The van der Waals surface area contributed by atoms with E-state index in [1.54, 1.807) is 12.1 Å². The Balaban J connectivity index is 2.51. The maximum atomic E-state index is 13.2. The maximum absolute atomic E-state index is 13.2. The number of carbonyl (C=O) groups is 2. The first-order chi connectivity index (χ1) is 11.9. The van der Waals surface area contributed by atoms with Gasteiger partial charge >= 0.3 is 5.97 Å². The number of hydrogen-bond donors (Lipinski definition) is 1. The Bertz CT molecular complexity index is 764. The van der Waals surface area contributed by atoms with Crippen molar-refractivity contribution in [3.63, 3.8) is 0 Å². The van der Waals surface area contributed by atoms with Crippen molar-refractivity contribution in [2.24, 2.45) is 5.92 Å². The van der Waals surface area contributed by atoms with Crippen molar-refractivity contribution >= 4 is 28.2 Å². The molecule has 25 heavy (non-hydrogen) atoms. The monoisotopic (exact) mass is 363 g/mol. The largest absolute Gasteiger partial charge is 0.465 e. The number of amides is 1. The summed E-state index contributed by atoms with van der Waals surface area (Å²) in [6.07, 6.45) is 1.45. The van der Waals surface area contributed by atoms with E-state index in [-0.39, 0.29) is 17.6 Å². The fourth-order valence-electron chi connectivity index (χ4n) is 2.77. The van der Waals surface area contributed by atoms with Crippen LogP contribution in [-0.4, -0.2) is 19.0 Å². The van der Waals surface area contributed by atoms with Crippen LogP contribution in [0, 0.1) is 18.7 Å². The highest BCUT2D eigenvalue weighted by molar-refractivity contribution is 7.17. The van der Waals surface area contributed by atoms with Crippen molar-refractivity contribution in [1.82, 2.24) is 0 Å². The van der Waals surface area contributed by atoms with Gasteiger partial charge in [0.1, 0.15) is 16.4 Å². The number of aryl methyl sites for hydroxylation is 1. The van der Waals surface area contributed by atoms with Crippen molar-refractivity contribution in [1.29, 1.82) is 0 Å². The molecule has 0 aliphatic carbocycles. The van der Waals surface area contributed by atoms with Gasteiger partial charge in [-0.1, -0.05) is 26.0 Å². The minimum Gasteiger partial charge on any atom is -0.465 e. The molecule has 0 saturated heterocycles. The molecule has 1 heterocycles. The summed E-state index contributed by atoms with van der Waals surface area (Å²) in [5.74, 6) is -1.09. The van der Waals surface area contributed by atoms with Crippen LogP contribution in [0.3, 0.4) is 0 Å². The molecule has 1 aromatic heterocycles. The fraction of sp³-hybridized carbons (Fsp3) is 0.368. The number of nitrogens with one attached hydrogen (secondary N) is 1. The molecule has 1 aromatic carbocycles. The number of ether oxygens (including phenoxy) is 1. The molecule has 0 atom stereocenters. The van der Waals surface area contributed by atoms with Crippen LogP contribution in [0.25, 0.3) is 11.1 Å². The van der Waals surface area contributed by atoms with Gasteiger partial charge in [-0.25, -0.2) is 9.18 Å². The standard InChI is InChI=1S/C19H22FNO3S/c1-5-12(6-2)17(22)21-18-16(19(23)24-4)15(11(3)25-18)13-7-9-14(20)10-8-13/h7-10,12H,5-6H2,1-4H3,(H,21,22). The van der Waals surface area contributed by atoms with Crippen LogP contribution in [0.1, 0.15) is 41.9 Å². The summed E-state index contributed by atoms with van der Waals surface area (Å²) in [7, 11) is 1.30. The van der Waals surface area contributed by atoms with Crippen LogP contribution in [-0.2, 0) is 9.53 Å². The SMILES string of the molecule is CCC(CC)C(=O)Nc1sc(C)c(-c2ccc(F)cc2)c1C(=O)OC. The zero-order valence-electron chi connectivity index (χ0n) is 14.8. The van der Waals surface area contributed by atoms with Gasteiger partial charge in [0.2, 0.25) is 5.91 Å². The van der Waals surface area contributed by atoms with Crippen LogP contribution in [0.2, 0.25) is 0 Å². The smallest absolute Gasteiger partial charge is 0.341 e. The number of rotatable bonds is 6. The van der Waals surface area contributed by atoms with Crippen LogP contribution >= 0.6 is 11.3 Å². The highest BCUT2D eigenvalue weighted by Crippen LogP contribution is 2.40. The zero-order valence-corrected chi connectivity index (χ0v) is 15.6. The molecule has 2 aromatic rings. The van der Waals surface area contributed by atoms with Crippen LogP contribution in [0.5, 0.6) is 0 Å². The lowest BCUT2D eigenvalue weighted by molar-refractivity contribution is -0.120. The second-order valence-corrected chi connectivity index (χ2v) is 6.96. The molecule has 0 spiro atoms. The molecule has 0 radical (unpaired) electrons. The van der Waals surface area contributed by atoms with Crippen LogP contribution in [0.15, 0.2) is 24.3 Å². The highest BCUT2D eigenvalue weighted by atomic mass is 32.1.